The van der Waals surface area contributed by atoms with E-state index in [-0.39, 0.29) is 11.8 Å². The summed E-state index contributed by atoms with van der Waals surface area (Å²) in [7, 11) is 0. The third-order valence-corrected chi connectivity index (χ3v) is 4.37. The van der Waals surface area contributed by atoms with Gasteiger partial charge in [-0.2, -0.15) is 5.10 Å². The van der Waals surface area contributed by atoms with E-state index in [4.69, 9.17) is 16.3 Å². The molecule has 3 rings (SSSR count). The Bertz CT molecular complexity index is 654. The average molecular weight is 334 g/mol. The van der Waals surface area contributed by atoms with Gasteiger partial charge in [-0.1, -0.05) is 23.7 Å². The molecule has 23 heavy (non-hydrogen) atoms. The number of H-pyrrole nitrogens is 1. The highest BCUT2D eigenvalue weighted by Crippen LogP contribution is 2.23. The van der Waals surface area contributed by atoms with Crippen LogP contribution in [0.25, 0.3) is 0 Å². The van der Waals surface area contributed by atoms with Gasteiger partial charge in [-0.05, 0) is 42.5 Å². The predicted molar refractivity (Wildman–Crippen MR) is 88.2 cm³/mol. The van der Waals surface area contributed by atoms with Gasteiger partial charge >= 0.3 is 0 Å². The third kappa shape index (κ3) is 4.33. The highest BCUT2D eigenvalue weighted by molar-refractivity contribution is 6.30. The van der Waals surface area contributed by atoms with E-state index in [0.717, 1.165) is 30.4 Å². The van der Waals surface area contributed by atoms with Crippen LogP contribution in [0.15, 0.2) is 30.5 Å². The first kappa shape index (κ1) is 16.0. The van der Waals surface area contributed by atoms with Crippen LogP contribution in [0, 0.1) is 5.92 Å². The standard InChI is InChI=1S/C17H20ClN3O2/c18-15-4-1-12(2-5-15)11-23-8-7-19-17(22)13-3-6-16-14(9-13)10-20-21-16/h1-2,4-5,10,13H,3,6-9,11H2,(H,19,22)(H,20,21)/t13-/m1/s1. The van der Waals surface area contributed by atoms with Gasteiger partial charge in [0.15, 0.2) is 0 Å². The second-order valence-electron chi connectivity index (χ2n) is 5.78. The number of fused-ring (bicyclic) bond motifs is 1. The lowest BCUT2D eigenvalue weighted by molar-refractivity contribution is -0.125. The lowest BCUT2D eigenvalue weighted by Crippen LogP contribution is -2.35. The molecule has 1 aromatic heterocycles. The smallest absolute Gasteiger partial charge is 0.223 e. The first-order chi connectivity index (χ1) is 11.2. The Morgan fingerprint density at radius 3 is 3.04 bits per heavy atom. The molecule has 0 spiro atoms. The van der Waals surface area contributed by atoms with E-state index >= 15 is 0 Å². The average Bonchev–Trinajstić information content (AvgIpc) is 3.03. The Morgan fingerprint density at radius 1 is 1.39 bits per heavy atom. The molecule has 0 unspecified atom stereocenters. The van der Waals surface area contributed by atoms with Crippen molar-refractivity contribution in [2.45, 2.75) is 25.9 Å². The Kier molecular flexibility index (Phi) is 5.31. The van der Waals surface area contributed by atoms with Crippen LogP contribution < -0.4 is 5.32 Å². The molecule has 6 heteroatoms. The molecule has 1 heterocycles. The van der Waals surface area contributed by atoms with Crippen molar-refractivity contribution in [3.8, 4) is 0 Å². The molecule has 1 amide bonds. The maximum atomic E-state index is 12.2. The fourth-order valence-electron chi connectivity index (χ4n) is 2.80. The van der Waals surface area contributed by atoms with Crippen LogP contribution in [0.1, 0.15) is 23.2 Å². The van der Waals surface area contributed by atoms with E-state index < -0.39 is 0 Å². The number of carbonyl (C=O) groups excluding carboxylic acids is 1. The van der Waals surface area contributed by atoms with Crippen LogP contribution in [0.4, 0.5) is 0 Å². The van der Waals surface area contributed by atoms with Gasteiger partial charge in [-0.3, -0.25) is 9.89 Å². The number of rotatable bonds is 6. The van der Waals surface area contributed by atoms with Crippen LogP contribution in [0.3, 0.4) is 0 Å². The fraction of sp³-hybridized carbons (Fsp3) is 0.412. The highest BCUT2D eigenvalue weighted by Gasteiger charge is 2.25. The first-order valence-corrected chi connectivity index (χ1v) is 8.21. The van der Waals surface area contributed by atoms with E-state index in [1.807, 2.05) is 30.5 Å². The Labute approximate surface area is 140 Å². The molecular weight excluding hydrogens is 314 g/mol. The number of nitrogens with one attached hydrogen (secondary N) is 2. The summed E-state index contributed by atoms with van der Waals surface area (Å²) in [5.41, 5.74) is 3.40. The molecule has 5 nitrogen and oxygen atoms in total. The first-order valence-electron chi connectivity index (χ1n) is 7.83. The number of hydrogen-bond acceptors (Lipinski definition) is 3. The summed E-state index contributed by atoms with van der Waals surface area (Å²) < 4.78 is 5.57. The highest BCUT2D eigenvalue weighted by atomic mass is 35.5. The molecule has 1 aliphatic rings. The molecule has 1 aromatic carbocycles. The Morgan fingerprint density at radius 2 is 2.22 bits per heavy atom. The van der Waals surface area contributed by atoms with Gasteiger partial charge in [-0.25, -0.2) is 0 Å². The van der Waals surface area contributed by atoms with Gasteiger partial charge in [0.1, 0.15) is 0 Å². The van der Waals surface area contributed by atoms with Crippen molar-refractivity contribution >= 4 is 17.5 Å². The number of halogens is 1. The van der Waals surface area contributed by atoms with Crippen molar-refractivity contribution in [1.29, 1.82) is 0 Å². The summed E-state index contributed by atoms with van der Waals surface area (Å²) in [6, 6.07) is 7.56. The minimum absolute atomic E-state index is 0.0383. The maximum Gasteiger partial charge on any atom is 0.223 e. The number of benzene rings is 1. The number of aryl methyl sites for hydroxylation is 1. The summed E-state index contributed by atoms with van der Waals surface area (Å²) in [5, 5.41) is 10.7. The van der Waals surface area contributed by atoms with Gasteiger partial charge < -0.3 is 10.1 Å². The number of carbonyl (C=O) groups is 1. The Balaban J connectivity index is 1.34. The molecule has 1 aliphatic carbocycles. The minimum Gasteiger partial charge on any atom is -0.375 e. The van der Waals surface area contributed by atoms with Crippen LogP contribution in [-0.4, -0.2) is 29.3 Å². The summed E-state index contributed by atoms with van der Waals surface area (Å²) in [5.74, 6) is 0.142. The molecule has 2 aromatic rings. The lowest BCUT2D eigenvalue weighted by atomic mass is 9.87. The summed E-state index contributed by atoms with van der Waals surface area (Å²) >= 11 is 5.83. The fourth-order valence-corrected chi connectivity index (χ4v) is 2.93. The number of aromatic amines is 1. The normalized spacial score (nSPS) is 16.8. The van der Waals surface area contributed by atoms with Crippen molar-refractivity contribution in [1.82, 2.24) is 15.5 Å². The molecule has 1 atom stereocenters. The zero-order valence-corrected chi connectivity index (χ0v) is 13.6. The molecule has 0 fully saturated rings. The van der Waals surface area contributed by atoms with Crippen LogP contribution in [0.2, 0.25) is 5.02 Å². The van der Waals surface area contributed by atoms with Crippen LogP contribution >= 0.6 is 11.6 Å². The van der Waals surface area contributed by atoms with E-state index in [1.54, 1.807) is 0 Å². The van der Waals surface area contributed by atoms with Gasteiger partial charge in [0, 0.05) is 23.2 Å². The molecule has 0 saturated heterocycles. The van der Waals surface area contributed by atoms with Crippen molar-refractivity contribution in [2.75, 3.05) is 13.2 Å². The molecule has 0 radical (unpaired) electrons. The van der Waals surface area contributed by atoms with Gasteiger partial charge in [-0.15, -0.1) is 0 Å². The number of amides is 1. The number of aromatic nitrogens is 2. The van der Waals surface area contributed by atoms with Gasteiger partial charge in [0.2, 0.25) is 5.91 Å². The van der Waals surface area contributed by atoms with Crippen molar-refractivity contribution < 1.29 is 9.53 Å². The molecule has 0 bridgehead atoms. The predicted octanol–water partition coefficient (Wildman–Crippen LogP) is 2.50. The second kappa shape index (κ2) is 7.62. The summed E-state index contributed by atoms with van der Waals surface area (Å²) in [6.45, 7) is 1.55. The molecule has 0 aliphatic heterocycles. The van der Waals surface area contributed by atoms with Crippen molar-refractivity contribution in [3.05, 3.63) is 52.3 Å². The topological polar surface area (TPSA) is 67.0 Å². The zero-order chi connectivity index (χ0) is 16.1. The van der Waals surface area contributed by atoms with Crippen LogP contribution in [0.5, 0.6) is 0 Å². The molecule has 122 valence electrons. The number of ether oxygens (including phenoxy) is 1. The zero-order valence-electron chi connectivity index (χ0n) is 12.8. The largest absolute Gasteiger partial charge is 0.375 e. The van der Waals surface area contributed by atoms with Gasteiger partial charge in [0.05, 0.1) is 19.4 Å². The SMILES string of the molecule is O=C(NCCOCc1ccc(Cl)cc1)[C@@H]1CCc2[nH]ncc2C1. The van der Waals surface area contributed by atoms with E-state index in [0.29, 0.717) is 24.8 Å². The number of hydrogen-bond donors (Lipinski definition) is 2. The van der Waals surface area contributed by atoms with E-state index in [2.05, 4.69) is 15.5 Å². The maximum absolute atomic E-state index is 12.2. The second-order valence-corrected chi connectivity index (χ2v) is 6.22. The summed E-state index contributed by atoms with van der Waals surface area (Å²) in [6.07, 6.45) is 4.35. The van der Waals surface area contributed by atoms with Crippen molar-refractivity contribution in [3.63, 3.8) is 0 Å². The molecule has 0 saturated carbocycles. The van der Waals surface area contributed by atoms with E-state index in [1.165, 1.54) is 5.69 Å². The Hall–Kier alpha value is -1.85. The molecular formula is C17H20ClN3O2. The molecule has 2 N–H and O–H groups in total. The van der Waals surface area contributed by atoms with E-state index in [9.17, 15) is 4.79 Å². The van der Waals surface area contributed by atoms with Gasteiger partial charge in [0.25, 0.3) is 0 Å². The minimum atomic E-state index is 0.0383. The quantitative estimate of drug-likeness (QED) is 0.798. The monoisotopic (exact) mass is 333 g/mol. The number of nitrogens with zero attached hydrogens (tertiary/aromatic N) is 1. The lowest BCUT2D eigenvalue weighted by Gasteiger charge is -2.20. The van der Waals surface area contributed by atoms with Crippen molar-refractivity contribution in [2.24, 2.45) is 5.92 Å². The summed E-state index contributed by atoms with van der Waals surface area (Å²) in [4.78, 5) is 12.2. The third-order valence-electron chi connectivity index (χ3n) is 4.12. The van der Waals surface area contributed by atoms with Crippen LogP contribution in [-0.2, 0) is 29.0 Å².